The van der Waals surface area contributed by atoms with Gasteiger partial charge in [0, 0.05) is 18.0 Å². The maximum absolute atomic E-state index is 12.0. The summed E-state index contributed by atoms with van der Waals surface area (Å²) in [5.74, 6) is 0.306. The Kier molecular flexibility index (Phi) is 7.26. The number of methoxy groups -OCH3 is 1. The number of hydrogen-bond donors (Lipinski definition) is 1. The Hall–Kier alpha value is -4.26. The lowest BCUT2D eigenvalue weighted by molar-refractivity contribution is -0.128. The quantitative estimate of drug-likeness (QED) is 0.209. The molecule has 2 aromatic carbocycles. The lowest BCUT2D eigenvalue weighted by Gasteiger charge is -2.02. The minimum absolute atomic E-state index is 0.349. The average Bonchev–Trinajstić information content (AvgIpc) is 2.79. The second kappa shape index (κ2) is 10.5. The Balaban J connectivity index is 1.50. The molecule has 1 aromatic heterocycles. The van der Waals surface area contributed by atoms with Gasteiger partial charge >= 0.3 is 5.97 Å². The van der Waals surface area contributed by atoms with Gasteiger partial charge in [0.1, 0.15) is 11.5 Å². The molecule has 0 aliphatic carbocycles. The molecule has 1 N–H and O–H groups in total. The third kappa shape index (κ3) is 6.64. The largest absolute Gasteiger partial charge is 0.497 e. The Morgan fingerprint density at radius 3 is 2.26 bits per heavy atom. The molecule has 31 heavy (non-hydrogen) atoms. The van der Waals surface area contributed by atoms with Gasteiger partial charge in [0.05, 0.1) is 18.9 Å². The van der Waals surface area contributed by atoms with Crippen molar-refractivity contribution in [3.05, 3.63) is 95.3 Å². The highest BCUT2D eigenvalue weighted by molar-refractivity contribution is 5.94. The number of aryl methyl sites for hydroxylation is 1. The van der Waals surface area contributed by atoms with Crippen LogP contribution in [0.2, 0.25) is 0 Å². The van der Waals surface area contributed by atoms with E-state index in [0.717, 1.165) is 22.6 Å². The topological polar surface area (TPSA) is 89.9 Å². The molecule has 0 radical (unpaired) electrons. The number of nitrogens with zero attached hydrogens (tertiary/aromatic N) is 2. The summed E-state index contributed by atoms with van der Waals surface area (Å²) < 4.78 is 10.4. The zero-order chi connectivity index (χ0) is 22.1. The molecule has 3 aromatic rings. The standard InChI is InChI=1S/C24H21N3O4/c1-17-3-9-20(16-25-17)24(29)27-26-15-19-6-12-22(13-7-19)31-23(28)14-8-18-4-10-21(30-2)11-5-18/h3-16H,1-2H3,(H,27,29)/b14-8+,26-15-. The van der Waals surface area contributed by atoms with Gasteiger partial charge in [-0.3, -0.25) is 9.78 Å². The van der Waals surface area contributed by atoms with Crippen LogP contribution >= 0.6 is 0 Å². The summed E-state index contributed by atoms with van der Waals surface area (Å²) in [6.45, 7) is 1.85. The van der Waals surface area contributed by atoms with E-state index in [4.69, 9.17) is 9.47 Å². The third-order valence-electron chi connectivity index (χ3n) is 4.18. The first-order valence-electron chi connectivity index (χ1n) is 9.43. The smallest absolute Gasteiger partial charge is 0.336 e. The monoisotopic (exact) mass is 415 g/mol. The highest BCUT2D eigenvalue weighted by atomic mass is 16.5. The van der Waals surface area contributed by atoms with Crippen molar-refractivity contribution in [2.75, 3.05) is 7.11 Å². The number of ether oxygens (including phenoxy) is 2. The zero-order valence-corrected chi connectivity index (χ0v) is 17.1. The summed E-state index contributed by atoms with van der Waals surface area (Å²) in [6.07, 6.45) is 6.00. The van der Waals surface area contributed by atoms with Crippen LogP contribution in [0.15, 0.2) is 78.0 Å². The third-order valence-corrected chi connectivity index (χ3v) is 4.18. The van der Waals surface area contributed by atoms with Crippen LogP contribution in [0.4, 0.5) is 0 Å². The first-order chi connectivity index (χ1) is 15.0. The van der Waals surface area contributed by atoms with E-state index in [9.17, 15) is 9.59 Å². The van der Waals surface area contributed by atoms with Crippen molar-refractivity contribution in [1.82, 2.24) is 10.4 Å². The molecule has 1 heterocycles. The van der Waals surface area contributed by atoms with Gasteiger partial charge in [-0.2, -0.15) is 5.10 Å². The minimum Gasteiger partial charge on any atom is -0.497 e. The van der Waals surface area contributed by atoms with Gasteiger partial charge in [-0.25, -0.2) is 10.2 Å². The molecule has 0 saturated carbocycles. The predicted octanol–water partition coefficient (Wildman–Crippen LogP) is 3.78. The fourth-order valence-corrected chi connectivity index (χ4v) is 2.48. The lowest BCUT2D eigenvalue weighted by Crippen LogP contribution is -2.17. The van der Waals surface area contributed by atoms with Crippen LogP contribution in [0.5, 0.6) is 11.5 Å². The number of hydrazone groups is 1. The number of rotatable bonds is 7. The molecule has 1 amide bonds. The number of aromatic nitrogens is 1. The summed E-state index contributed by atoms with van der Waals surface area (Å²) in [5.41, 5.74) is 5.28. The van der Waals surface area contributed by atoms with Crippen LogP contribution in [0.3, 0.4) is 0 Å². The first kappa shape index (κ1) is 21.4. The van der Waals surface area contributed by atoms with Crippen molar-refractivity contribution in [1.29, 1.82) is 0 Å². The maximum atomic E-state index is 12.0. The lowest BCUT2D eigenvalue weighted by atomic mass is 10.2. The van der Waals surface area contributed by atoms with Gasteiger partial charge in [-0.05, 0) is 72.7 Å². The number of esters is 1. The van der Waals surface area contributed by atoms with Crippen LogP contribution < -0.4 is 14.9 Å². The van der Waals surface area contributed by atoms with Gasteiger partial charge in [0.2, 0.25) is 0 Å². The number of hydrogen-bond acceptors (Lipinski definition) is 6. The number of benzene rings is 2. The Labute approximate surface area is 180 Å². The summed E-state index contributed by atoms with van der Waals surface area (Å²) in [4.78, 5) is 28.0. The van der Waals surface area contributed by atoms with E-state index in [2.05, 4.69) is 15.5 Å². The molecule has 3 rings (SSSR count). The van der Waals surface area contributed by atoms with Crippen LogP contribution in [-0.2, 0) is 4.79 Å². The number of nitrogens with one attached hydrogen (secondary N) is 1. The molecule has 0 aliphatic heterocycles. The van der Waals surface area contributed by atoms with Crippen molar-refractivity contribution >= 4 is 24.2 Å². The fraction of sp³-hybridized carbons (Fsp3) is 0.0833. The molecule has 0 bridgehead atoms. The first-order valence-corrected chi connectivity index (χ1v) is 9.43. The molecule has 7 nitrogen and oxygen atoms in total. The van der Waals surface area contributed by atoms with E-state index < -0.39 is 5.97 Å². The van der Waals surface area contributed by atoms with E-state index in [1.807, 2.05) is 31.2 Å². The van der Waals surface area contributed by atoms with E-state index in [0.29, 0.717) is 11.3 Å². The second-order valence-electron chi connectivity index (χ2n) is 6.48. The minimum atomic E-state index is -0.490. The van der Waals surface area contributed by atoms with Crippen molar-refractivity contribution in [3.63, 3.8) is 0 Å². The summed E-state index contributed by atoms with van der Waals surface area (Å²) in [6, 6.07) is 17.5. The maximum Gasteiger partial charge on any atom is 0.336 e. The van der Waals surface area contributed by atoms with Crippen LogP contribution in [0.1, 0.15) is 27.2 Å². The van der Waals surface area contributed by atoms with Gasteiger partial charge in [-0.1, -0.05) is 12.1 Å². The van der Waals surface area contributed by atoms with Gasteiger partial charge in [0.15, 0.2) is 0 Å². The predicted molar refractivity (Wildman–Crippen MR) is 118 cm³/mol. The Bertz CT molecular complexity index is 1090. The number of carbonyl (C=O) groups excluding carboxylic acids is 2. The highest BCUT2D eigenvalue weighted by Crippen LogP contribution is 2.14. The van der Waals surface area contributed by atoms with Crippen molar-refractivity contribution in [2.45, 2.75) is 6.92 Å². The van der Waals surface area contributed by atoms with E-state index >= 15 is 0 Å². The van der Waals surface area contributed by atoms with Crippen molar-refractivity contribution < 1.29 is 19.1 Å². The highest BCUT2D eigenvalue weighted by Gasteiger charge is 2.04. The normalized spacial score (nSPS) is 10.9. The average molecular weight is 415 g/mol. The second-order valence-corrected chi connectivity index (χ2v) is 6.48. The fourth-order valence-electron chi connectivity index (χ4n) is 2.48. The summed E-state index contributed by atoms with van der Waals surface area (Å²) in [7, 11) is 1.60. The summed E-state index contributed by atoms with van der Waals surface area (Å²) in [5, 5.41) is 3.93. The molecule has 0 saturated heterocycles. The molecular weight excluding hydrogens is 394 g/mol. The molecule has 0 fully saturated rings. The molecule has 0 unspecified atom stereocenters. The molecular formula is C24H21N3O4. The van der Waals surface area contributed by atoms with E-state index in [1.54, 1.807) is 49.6 Å². The molecule has 0 atom stereocenters. The van der Waals surface area contributed by atoms with Gasteiger partial charge in [-0.15, -0.1) is 0 Å². The SMILES string of the molecule is COc1ccc(/C=C/C(=O)Oc2ccc(/C=N\NC(=O)c3ccc(C)nc3)cc2)cc1. The van der Waals surface area contributed by atoms with Crippen LogP contribution in [0.25, 0.3) is 6.08 Å². The molecule has 0 spiro atoms. The van der Waals surface area contributed by atoms with E-state index in [-0.39, 0.29) is 5.91 Å². The Morgan fingerprint density at radius 1 is 0.935 bits per heavy atom. The molecule has 0 aliphatic rings. The number of amides is 1. The van der Waals surface area contributed by atoms with Gasteiger partial charge in [0.25, 0.3) is 5.91 Å². The van der Waals surface area contributed by atoms with Gasteiger partial charge < -0.3 is 9.47 Å². The molecule has 7 heteroatoms. The number of carbonyl (C=O) groups is 2. The molecule has 156 valence electrons. The van der Waals surface area contributed by atoms with Crippen molar-refractivity contribution in [2.24, 2.45) is 5.10 Å². The van der Waals surface area contributed by atoms with E-state index in [1.165, 1.54) is 18.5 Å². The summed E-state index contributed by atoms with van der Waals surface area (Å²) >= 11 is 0. The van der Waals surface area contributed by atoms with Crippen LogP contribution in [-0.4, -0.2) is 30.2 Å². The van der Waals surface area contributed by atoms with Crippen LogP contribution in [0, 0.1) is 6.92 Å². The Morgan fingerprint density at radius 2 is 1.61 bits per heavy atom. The zero-order valence-electron chi connectivity index (χ0n) is 17.1. The van der Waals surface area contributed by atoms with Crippen molar-refractivity contribution in [3.8, 4) is 11.5 Å². The number of pyridine rings is 1.